The van der Waals surface area contributed by atoms with Crippen LogP contribution < -0.4 is 0 Å². The highest BCUT2D eigenvalue weighted by Gasteiger charge is 2.20. The molecule has 1 fully saturated rings. The molecule has 2 atom stereocenters. The van der Waals surface area contributed by atoms with Crippen LogP contribution in [0.25, 0.3) is 0 Å². The van der Waals surface area contributed by atoms with Gasteiger partial charge < -0.3 is 4.74 Å². The second-order valence-electron chi connectivity index (χ2n) is 3.01. The summed E-state index contributed by atoms with van der Waals surface area (Å²) < 4.78 is 16.6. The van der Waals surface area contributed by atoms with E-state index in [2.05, 4.69) is 0 Å². The highest BCUT2D eigenvalue weighted by Crippen LogP contribution is 2.16. The Morgan fingerprint density at radius 3 is 3.08 bits per heavy atom. The van der Waals surface area contributed by atoms with E-state index < -0.39 is 10.8 Å². The van der Waals surface area contributed by atoms with Gasteiger partial charge in [0.05, 0.1) is 11.5 Å². The van der Waals surface area contributed by atoms with Crippen molar-refractivity contribution in [3.8, 4) is 0 Å². The van der Waals surface area contributed by atoms with E-state index in [1.807, 2.05) is 13.0 Å². The number of ether oxygens (including phenoxy) is 1. The fraction of sp³-hybridized carbons (Fsp3) is 0.778. The van der Waals surface area contributed by atoms with E-state index in [0.717, 1.165) is 18.6 Å². The van der Waals surface area contributed by atoms with Crippen LogP contribution in [0.15, 0.2) is 12.3 Å². The smallest absolute Gasteiger partial charge is 0.102 e. The highest BCUT2D eigenvalue weighted by molar-refractivity contribution is 7.85. The molecule has 1 saturated heterocycles. The molecule has 0 aromatic rings. The van der Waals surface area contributed by atoms with Crippen molar-refractivity contribution in [2.45, 2.75) is 31.4 Å². The monoisotopic (exact) mass is 188 g/mol. The van der Waals surface area contributed by atoms with Gasteiger partial charge >= 0.3 is 0 Å². The first-order valence-corrected chi connectivity index (χ1v) is 5.82. The normalized spacial score (nSPS) is 30.8. The molecule has 2 nitrogen and oxygen atoms in total. The van der Waals surface area contributed by atoms with Crippen molar-refractivity contribution in [1.29, 1.82) is 0 Å². The first kappa shape index (κ1) is 9.78. The molecule has 2 unspecified atom stereocenters. The van der Waals surface area contributed by atoms with Gasteiger partial charge in [-0.25, -0.2) is 0 Å². The zero-order valence-electron chi connectivity index (χ0n) is 7.49. The number of hydrogen-bond acceptors (Lipinski definition) is 2. The molecule has 12 heavy (non-hydrogen) atoms. The van der Waals surface area contributed by atoms with E-state index in [1.165, 1.54) is 6.42 Å². The fourth-order valence-electron chi connectivity index (χ4n) is 1.33. The molecule has 0 aromatic carbocycles. The zero-order chi connectivity index (χ0) is 8.81. The Morgan fingerprint density at radius 1 is 1.58 bits per heavy atom. The molecule has 0 aliphatic carbocycles. The summed E-state index contributed by atoms with van der Waals surface area (Å²) in [4.78, 5) is 0. The third kappa shape index (κ3) is 2.97. The second-order valence-corrected chi connectivity index (χ2v) is 4.84. The predicted molar refractivity (Wildman–Crippen MR) is 51.4 cm³/mol. The Hall–Kier alpha value is -0.310. The van der Waals surface area contributed by atoms with Crippen LogP contribution in [0.4, 0.5) is 0 Å². The van der Waals surface area contributed by atoms with Crippen LogP contribution >= 0.6 is 0 Å². The maximum atomic E-state index is 11.4. The molecule has 0 radical (unpaired) electrons. The van der Waals surface area contributed by atoms with Gasteiger partial charge in [0, 0.05) is 16.6 Å². The Balaban J connectivity index is 2.24. The van der Waals surface area contributed by atoms with Crippen molar-refractivity contribution in [3.63, 3.8) is 0 Å². The van der Waals surface area contributed by atoms with Gasteiger partial charge in [-0.15, -0.1) is 0 Å². The molecular formula is C9H16O2S. The summed E-state index contributed by atoms with van der Waals surface area (Å²) in [7, 11) is -0.640. The van der Waals surface area contributed by atoms with Crippen LogP contribution in [0.2, 0.25) is 0 Å². The lowest BCUT2D eigenvalue weighted by Crippen LogP contribution is -2.26. The summed E-state index contributed by atoms with van der Waals surface area (Å²) in [5, 5.41) is 0.273. The van der Waals surface area contributed by atoms with E-state index in [4.69, 9.17) is 4.74 Å². The van der Waals surface area contributed by atoms with E-state index in [9.17, 15) is 4.21 Å². The van der Waals surface area contributed by atoms with E-state index >= 15 is 0 Å². The van der Waals surface area contributed by atoms with E-state index in [-0.39, 0.29) is 5.25 Å². The maximum absolute atomic E-state index is 11.4. The standard InChI is InChI=1S/C9H16O2S/c1-2-6-11-8-9-5-3-4-7-12(9)10/h2,6,9H,3-5,7-8H2,1H3/b6-2+. The number of hydrogen-bond donors (Lipinski definition) is 0. The van der Waals surface area contributed by atoms with Crippen LogP contribution in [0.3, 0.4) is 0 Å². The lowest BCUT2D eigenvalue weighted by molar-refractivity contribution is 0.242. The Bertz CT molecular complexity index is 177. The SMILES string of the molecule is C/C=C/OCC1CCCCS1=O. The summed E-state index contributed by atoms with van der Waals surface area (Å²) in [6.07, 6.45) is 6.91. The Labute approximate surface area is 76.5 Å². The fourth-order valence-corrected chi connectivity index (χ4v) is 2.81. The summed E-state index contributed by atoms with van der Waals surface area (Å²) in [6, 6.07) is 0. The van der Waals surface area contributed by atoms with Gasteiger partial charge in [-0.2, -0.15) is 0 Å². The van der Waals surface area contributed by atoms with Crippen molar-refractivity contribution in [2.75, 3.05) is 12.4 Å². The second kappa shape index (κ2) is 5.36. The minimum absolute atomic E-state index is 0.273. The van der Waals surface area contributed by atoms with Gasteiger partial charge in [0.15, 0.2) is 0 Å². The predicted octanol–water partition coefficient (Wildman–Crippen LogP) is 1.84. The average Bonchev–Trinajstić information content (AvgIpc) is 2.09. The first-order chi connectivity index (χ1) is 5.84. The third-order valence-electron chi connectivity index (χ3n) is 2.01. The van der Waals surface area contributed by atoms with Gasteiger partial charge in [-0.1, -0.05) is 12.5 Å². The molecule has 3 heteroatoms. The minimum atomic E-state index is -0.640. The van der Waals surface area contributed by atoms with E-state index in [1.54, 1.807) is 6.26 Å². The number of allylic oxidation sites excluding steroid dienone is 1. The molecule has 1 rings (SSSR count). The maximum Gasteiger partial charge on any atom is 0.102 e. The van der Waals surface area contributed by atoms with Crippen molar-refractivity contribution < 1.29 is 8.95 Å². The van der Waals surface area contributed by atoms with Gasteiger partial charge in [-0.05, 0) is 19.8 Å². The van der Waals surface area contributed by atoms with Crippen LogP contribution in [-0.2, 0) is 15.5 Å². The summed E-state index contributed by atoms with van der Waals surface area (Å²) >= 11 is 0. The Kier molecular flexibility index (Phi) is 4.36. The summed E-state index contributed by atoms with van der Waals surface area (Å²) in [5.74, 6) is 0.865. The van der Waals surface area contributed by atoms with Gasteiger partial charge in [0.25, 0.3) is 0 Å². The molecule has 1 heterocycles. The summed E-state index contributed by atoms with van der Waals surface area (Å²) in [6.45, 7) is 2.54. The zero-order valence-corrected chi connectivity index (χ0v) is 8.31. The minimum Gasteiger partial charge on any atom is -0.500 e. The molecule has 70 valence electrons. The molecule has 0 N–H and O–H groups in total. The van der Waals surface area contributed by atoms with Crippen molar-refractivity contribution in [1.82, 2.24) is 0 Å². The Morgan fingerprint density at radius 2 is 2.42 bits per heavy atom. The third-order valence-corrected chi connectivity index (χ3v) is 3.81. The number of rotatable bonds is 3. The van der Waals surface area contributed by atoms with Crippen LogP contribution in [0.5, 0.6) is 0 Å². The topological polar surface area (TPSA) is 26.3 Å². The van der Waals surface area contributed by atoms with Crippen LogP contribution in [-0.4, -0.2) is 21.8 Å². The first-order valence-electron chi connectivity index (χ1n) is 4.44. The lowest BCUT2D eigenvalue weighted by atomic mass is 10.2. The van der Waals surface area contributed by atoms with Crippen LogP contribution in [0, 0.1) is 0 Å². The highest BCUT2D eigenvalue weighted by atomic mass is 32.2. The molecule has 0 aromatic heterocycles. The molecule has 0 saturated carbocycles. The molecular weight excluding hydrogens is 172 g/mol. The van der Waals surface area contributed by atoms with Crippen molar-refractivity contribution >= 4 is 10.8 Å². The molecule has 1 aliphatic rings. The van der Waals surface area contributed by atoms with Crippen molar-refractivity contribution in [2.24, 2.45) is 0 Å². The quantitative estimate of drug-likeness (QED) is 0.632. The van der Waals surface area contributed by atoms with Crippen molar-refractivity contribution in [3.05, 3.63) is 12.3 Å². The molecule has 0 spiro atoms. The molecule has 0 bridgehead atoms. The molecule has 1 aliphatic heterocycles. The lowest BCUT2D eigenvalue weighted by Gasteiger charge is -2.20. The largest absolute Gasteiger partial charge is 0.500 e. The van der Waals surface area contributed by atoms with Gasteiger partial charge in [0.2, 0.25) is 0 Å². The average molecular weight is 188 g/mol. The van der Waals surface area contributed by atoms with E-state index in [0.29, 0.717) is 6.61 Å². The molecule has 0 amide bonds. The summed E-state index contributed by atoms with van der Waals surface area (Å²) in [5.41, 5.74) is 0. The van der Waals surface area contributed by atoms with Gasteiger partial charge in [0.1, 0.15) is 6.61 Å². The van der Waals surface area contributed by atoms with Crippen LogP contribution in [0.1, 0.15) is 26.2 Å². The van der Waals surface area contributed by atoms with Gasteiger partial charge in [-0.3, -0.25) is 4.21 Å².